The van der Waals surface area contributed by atoms with Crippen LogP contribution >= 0.6 is 0 Å². The van der Waals surface area contributed by atoms with Gasteiger partial charge in [-0.05, 0) is 103 Å². The minimum absolute atomic E-state index is 0.0181. The first-order valence-electron chi connectivity index (χ1n) is 16.3. The van der Waals surface area contributed by atoms with E-state index in [0.717, 1.165) is 38.0 Å². The second-order valence-electron chi connectivity index (χ2n) is 12.9. The van der Waals surface area contributed by atoms with E-state index >= 15 is 0 Å². The first-order valence-corrected chi connectivity index (χ1v) is 16.3. The van der Waals surface area contributed by atoms with Crippen molar-refractivity contribution in [3.05, 3.63) is 71.8 Å². The standard InChI is InChI=1S/C37H49FO6/c1-25(21-39)36(41)43-23-35(24-44-37(42)26(2)22-40)30-12-10-29(11-13-30)32-15-17-33-19-31(14-16-34(33)20-32)28-8-6-27(7-9-28)5-3-4-18-38/h14-17,19-20,27-30,35,39-40H,1-13,18,21-24H2. The van der Waals surface area contributed by atoms with Crippen LogP contribution in [0.3, 0.4) is 0 Å². The third-order valence-corrected chi connectivity index (χ3v) is 9.93. The van der Waals surface area contributed by atoms with Gasteiger partial charge in [0.25, 0.3) is 0 Å². The lowest BCUT2D eigenvalue weighted by Crippen LogP contribution is -2.31. The Hall–Kier alpha value is -3.03. The minimum Gasteiger partial charge on any atom is -0.462 e. The summed E-state index contributed by atoms with van der Waals surface area (Å²) in [7, 11) is 0. The highest BCUT2D eigenvalue weighted by atomic mass is 19.1. The van der Waals surface area contributed by atoms with Crippen LogP contribution in [0.5, 0.6) is 0 Å². The summed E-state index contributed by atoms with van der Waals surface area (Å²) < 4.78 is 23.2. The maximum absolute atomic E-state index is 12.4. The molecule has 0 radical (unpaired) electrons. The second-order valence-corrected chi connectivity index (χ2v) is 12.9. The minimum atomic E-state index is -0.658. The Bertz CT molecular complexity index is 1240. The fourth-order valence-corrected chi connectivity index (χ4v) is 7.05. The van der Waals surface area contributed by atoms with E-state index in [4.69, 9.17) is 9.47 Å². The van der Waals surface area contributed by atoms with Crippen molar-refractivity contribution in [3.8, 4) is 0 Å². The largest absolute Gasteiger partial charge is 0.462 e. The lowest BCUT2D eigenvalue weighted by Gasteiger charge is -2.34. The Kier molecular flexibility index (Phi) is 13.0. The number of fused-ring (bicyclic) bond motifs is 1. The highest BCUT2D eigenvalue weighted by Crippen LogP contribution is 2.41. The molecule has 7 heteroatoms. The van der Waals surface area contributed by atoms with Gasteiger partial charge in [0, 0.05) is 5.92 Å². The number of ether oxygens (including phenoxy) is 2. The van der Waals surface area contributed by atoms with Crippen molar-refractivity contribution in [3.63, 3.8) is 0 Å². The van der Waals surface area contributed by atoms with Gasteiger partial charge in [0.1, 0.15) is 0 Å². The zero-order valence-corrected chi connectivity index (χ0v) is 26.0. The third kappa shape index (κ3) is 9.24. The number of carbonyl (C=O) groups is 2. The van der Waals surface area contributed by atoms with E-state index < -0.39 is 25.2 Å². The lowest BCUT2D eigenvalue weighted by molar-refractivity contribution is -0.146. The molecule has 0 atom stereocenters. The molecule has 0 bridgehead atoms. The summed E-state index contributed by atoms with van der Waals surface area (Å²) in [6.07, 6.45) is 11.6. The molecular weight excluding hydrogens is 559 g/mol. The molecule has 0 spiro atoms. The third-order valence-electron chi connectivity index (χ3n) is 9.93. The normalized spacial score (nSPS) is 22.1. The van der Waals surface area contributed by atoms with Crippen molar-refractivity contribution in [2.45, 2.75) is 82.5 Å². The average Bonchev–Trinajstić information content (AvgIpc) is 3.07. The van der Waals surface area contributed by atoms with Crippen LogP contribution in [-0.4, -0.2) is 55.3 Å². The fourth-order valence-electron chi connectivity index (χ4n) is 7.05. The molecule has 0 unspecified atom stereocenters. The molecule has 2 aromatic rings. The van der Waals surface area contributed by atoms with Crippen LogP contribution in [0.15, 0.2) is 60.7 Å². The number of alkyl halides is 1. The summed E-state index contributed by atoms with van der Waals surface area (Å²) in [4.78, 5) is 24.2. The van der Waals surface area contributed by atoms with Gasteiger partial charge in [-0.2, -0.15) is 0 Å². The molecule has 0 aromatic heterocycles. The lowest BCUT2D eigenvalue weighted by atomic mass is 9.74. The van der Waals surface area contributed by atoms with Crippen LogP contribution in [-0.2, 0) is 19.1 Å². The SMILES string of the molecule is C=C(CO)C(=O)OCC(COC(=O)C(=C)CO)C1CCC(c2ccc3cc(C4CCC(CCCCF)CC4)ccc3c2)CC1. The molecule has 2 saturated carbocycles. The number of rotatable bonds is 15. The monoisotopic (exact) mass is 608 g/mol. The maximum Gasteiger partial charge on any atom is 0.335 e. The first-order chi connectivity index (χ1) is 21.3. The predicted octanol–water partition coefficient (Wildman–Crippen LogP) is 7.33. The number of aliphatic hydroxyl groups excluding tert-OH is 2. The molecule has 0 aliphatic heterocycles. The van der Waals surface area contributed by atoms with Gasteiger partial charge in [-0.25, -0.2) is 9.59 Å². The van der Waals surface area contributed by atoms with Crippen molar-refractivity contribution in [2.75, 3.05) is 33.1 Å². The second kappa shape index (κ2) is 16.9. The van der Waals surface area contributed by atoms with E-state index in [-0.39, 0.29) is 42.9 Å². The molecule has 0 amide bonds. The van der Waals surface area contributed by atoms with Crippen LogP contribution in [0.25, 0.3) is 10.8 Å². The van der Waals surface area contributed by atoms with Crippen LogP contribution in [0, 0.1) is 17.8 Å². The van der Waals surface area contributed by atoms with Crippen molar-refractivity contribution in [1.82, 2.24) is 0 Å². The van der Waals surface area contributed by atoms with Crippen molar-refractivity contribution in [2.24, 2.45) is 17.8 Å². The highest BCUT2D eigenvalue weighted by molar-refractivity contribution is 5.88. The molecule has 0 heterocycles. The summed E-state index contributed by atoms with van der Waals surface area (Å²) in [6, 6.07) is 13.8. The van der Waals surface area contributed by atoms with Crippen molar-refractivity contribution < 1.29 is 33.7 Å². The van der Waals surface area contributed by atoms with Gasteiger partial charge >= 0.3 is 11.9 Å². The number of aliphatic hydroxyl groups is 2. The molecule has 240 valence electrons. The van der Waals surface area contributed by atoms with Crippen LogP contribution in [0.4, 0.5) is 4.39 Å². The predicted molar refractivity (Wildman–Crippen MR) is 171 cm³/mol. The van der Waals surface area contributed by atoms with Crippen molar-refractivity contribution >= 4 is 22.7 Å². The molecule has 2 N–H and O–H groups in total. The first kappa shape index (κ1) is 33.9. The summed E-state index contributed by atoms with van der Waals surface area (Å²) in [5, 5.41) is 20.9. The van der Waals surface area contributed by atoms with Crippen LogP contribution in [0.1, 0.15) is 93.6 Å². The molecule has 4 rings (SSSR count). The summed E-state index contributed by atoms with van der Waals surface area (Å²) in [5.41, 5.74) is 2.74. The topological polar surface area (TPSA) is 93.1 Å². The number of halogens is 1. The summed E-state index contributed by atoms with van der Waals surface area (Å²) >= 11 is 0. The van der Waals surface area contributed by atoms with Gasteiger partial charge < -0.3 is 19.7 Å². The van der Waals surface area contributed by atoms with Gasteiger partial charge in [-0.3, -0.25) is 4.39 Å². The maximum atomic E-state index is 12.4. The number of carbonyl (C=O) groups excluding carboxylic acids is 2. The Labute approximate surface area is 261 Å². The zero-order chi connectivity index (χ0) is 31.5. The molecule has 2 aliphatic carbocycles. The zero-order valence-electron chi connectivity index (χ0n) is 26.0. The van der Waals surface area contributed by atoms with E-state index in [1.54, 1.807) is 0 Å². The number of hydrogen-bond acceptors (Lipinski definition) is 6. The molecule has 2 aliphatic rings. The van der Waals surface area contributed by atoms with Gasteiger partial charge in [0.05, 0.1) is 44.2 Å². The summed E-state index contributed by atoms with van der Waals surface area (Å²) in [6.45, 7) is 6.02. The number of unbranched alkanes of at least 4 members (excludes halogenated alkanes) is 1. The van der Waals surface area contributed by atoms with E-state index in [2.05, 4.69) is 49.6 Å². The molecule has 0 saturated heterocycles. The average molecular weight is 609 g/mol. The Morgan fingerprint density at radius 2 is 1.23 bits per heavy atom. The van der Waals surface area contributed by atoms with E-state index in [1.807, 2.05) is 0 Å². The van der Waals surface area contributed by atoms with E-state index in [1.165, 1.54) is 54.0 Å². The van der Waals surface area contributed by atoms with Gasteiger partial charge in [0.2, 0.25) is 0 Å². The van der Waals surface area contributed by atoms with Crippen LogP contribution in [0.2, 0.25) is 0 Å². The fraction of sp³-hybridized carbons (Fsp3) is 0.568. The van der Waals surface area contributed by atoms with E-state index in [0.29, 0.717) is 18.3 Å². The molecule has 2 fully saturated rings. The highest BCUT2D eigenvalue weighted by Gasteiger charge is 2.31. The Morgan fingerprint density at radius 3 is 1.68 bits per heavy atom. The Balaban J connectivity index is 1.34. The van der Waals surface area contributed by atoms with Gasteiger partial charge in [-0.1, -0.05) is 62.4 Å². The summed E-state index contributed by atoms with van der Waals surface area (Å²) in [5.74, 6) is 0.469. The quantitative estimate of drug-likeness (QED) is 0.125. The number of benzene rings is 2. The molecular formula is C37H49FO6. The van der Waals surface area contributed by atoms with Gasteiger partial charge in [0.15, 0.2) is 0 Å². The van der Waals surface area contributed by atoms with E-state index in [9.17, 15) is 24.2 Å². The number of esters is 2. The van der Waals surface area contributed by atoms with Crippen LogP contribution < -0.4 is 0 Å². The molecule has 6 nitrogen and oxygen atoms in total. The Morgan fingerprint density at radius 1 is 0.750 bits per heavy atom. The van der Waals surface area contributed by atoms with Gasteiger partial charge in [-0.15, -0.1) is 0 Å². The smallest absolute Gasteiger partial charge is 0.335 e. The molecule has 44 heavy (non-hydrogen) atoms. The van der Waals surface area contributed by atoms with Crippen molar-refractivity contribution in [1.29, 1.82) is 0 Å². The molecule has 2 aromatic carbocycles. The number of hydrogen-bond donors (Lipinski definition) is 2.